The number of rotatable bonds is 3. The summed E-state index contributed by atoms with van der Waals surface area (Å²) in [6, 6.07) is 4.18. The van der Waals surface area contributed by atoms with Gasteiger partial charge in [-0.05, 0) is 37.1 Å². The van der Waals surface area contributed by atoms with Crippen molar-refractivity contribution in [3.8, 4) is 0 Å². The molecule has 1 aliphatic heterocycles. The van der Waals surface area contributed by atoms with E-state index in [9.17, 15) is 0 Å². The Labute approximate surface area is 99.3 Å². The summed E-state index contributed by atoms with van der Waals surface area (Å²) in [4.78, 5) is 8.41. The highest BCUT2D eigenvalue weighted by Gasteiger charge is 2.21. The van der Waals surface area contributed by atoms with E-state index >= 15 is 0 Å². The summed E-state index contributed by atoms with van der Waals surface area (Å²) >= 11 is 0. The van der Waals surface area contributed by atoms with Crippen molar-refractivity contribution >= 4 is 0 Å². The average molecular weight is 230 g/mol. The molecule has 1 unspecified atom stereocenters. The van der Waals surface area contributed by atoms with Crippen LogP contribution in [0.4, 0.5) is 0 Å². The summed E-state index contributed by atoms with van der Waals surface area (Å²) in [5.74, 6) is 1.45. The highest BCUT2D eigenvalue weighted by atomic mass is 16.5. The van der Waals surface area contributed by atoms with Gasteiger partial charge in [0.25, 0.3) is 0 Å². The Balaban J connectivity index is 1.72. The molecule has 1 aliphatic rings. The van der Waals surface area contributed by atoms with E-state index in [4.69, 9.17) is 4.52 Å². The maximum absolute atomic E-state index is 5.26. The van der Waals surface area contributed by atoms with Crippen LogP contribution in [0.2, 0.25) is 0 Å². The number of aromatic nitrogens is 3. The lowest BCUT2D eigenvalue weighted by Gasteiger charge is -2.01. The van der Waals surface area contributed by atoms with Gasteiger partial charge >= 0.3 is 0 Å². The van der Waals surface area contributed by atoms with Crippen LogP contribution in [-0.2, 0) is 6.42 Å². The highest BCUT2D eigenvalue weighted by Crippen LogP contribution is 2.20. The van der Waals surface area contributed by atoms with Gasteiger partial charge in [0, 0.05) is 12.4 Å². The minimum Gasteiger partial charge on any atom is -0.339 e. The summed E-state index contributed by atoms with van der Waals surface area (Å²) in [7, 11) is 0. The minimum atomic E-state index is 0.268. The Kier molecular flexibility index (Phi) is 2.83. The van der Waals surface area contributed by atoms with Crippen LogP contribution in [0, 0.1) is 0 Å². The quantitative estimate of drug-likeness (QED) is 0.865. The third kappa shape index (κ3) is 2.34. The molecule has 0 aromatic carbocycles. The Bertz CT molecular complexity index is 476. The smallest absolute Gasteiger partial charge is 0.231 e. The number of nitrogens with zero attached hydrogens (tertiary/aromatic N) is 3. The van der Waals surface area contributed by atoms with Gasteiger partial charge in [-0.2, -0.15) is 4.98 Å². The Morgan fingerprint density at radius 3 is 3.00 bits per heavy atom. The molecule has 5 nitrogen and oxygen atoms in total. The van der Waals surface area contributed by atoms with E-state index in [1.807, 2.05) is 12.1 Å². The van der Waals surface area contributed by atoms with Crippen molar-refractivity contribution in [3.63, 3.8) is 0 Å². The van der Waals surface area contributed by atoms with Crippen molar-refractivity contribution in [1.82, 2.24) is 20.4 Å². The van der Waals surface area contributed by atoms with Crippen LogP contribution >= 0.6 is 0 Å². The molecular formula is C12H14N4O. The van der Waals surface area contributed by atoms with Crippen LogP contribution in [0.5, 0.6) is 0 Å². The lowest BCUT2D eigenvalue weighted by Crippen LogP contribution is -2.14. The van der Waals surface area contributed by atoms with Crippen molar-refractivity contribution in [2.75, 3.05) is 6.54 Å². The predicted octanol–water partition coefficient (Wildman–Crippen LogP) is 1.48. The van der Waals surface area contributed by atoms with E-state index in [1.165, 1.54) is 6.42 Å². The zero-order valence-electron chi connectivity index (χ0n) is 9.47. The van der Waals surface area contributed by atoms with Crippen LogP contribution in [0.3, 0.4) is 0 Å². The topological polar surface area (TPSA) is 63.8 Å². The maximum atomic E-state index is 5.26. The third-order valence-corrected chi connectivity index (χ3v) is 2.96. The van der Waals surface area contributed by atoms with Gasteiger partial charge in [0.05, 0.1) is 12.5 Å². The van der Waals surface area contributed by atoms with E-state index in [0.29, 0.717) is 12.3 Å². The summed E-state index contributed by atoms with van der Waals surface area (Å²) in [6.07, 6.45) is 6.48. The lowest BCUT2D eigenvalue weighted by molar-refractivity contribution is 0.373. The Morgan fingerprint density at radius 1 is 1.35 bits per heavy atom. The van der Waals surface area contributed by atoms with Gasteiger partial charge in [0.15, 0.2) is 5.82 Å². The molecule has 0 amide bonds. The zero-order valence-corrected chi connectivity index (χ0v) is 9.47. The molecular weight excluding hydrogens is 216 g/mol. The summed E-state index contributed by atoms with van der Waals surface area (Å²) in [6.45, 7) is 1.04. The first-order chi connectivity index (χ1) is 8.42. The first-order valence-electron chi connectivity index (χ1n) is 5.86. The third-order valence-electron chi connectivity index (χ3n) is 2.96. The molecule has 3 rings (SSSR count). The van der Waals surface area contributed by atoms with Gasteiger partial charge in [0.1, 0.15) is 0 Å². The van der Waals surface area contributed by atoms with Crippen LogP contribution in [0.25, 0.3) is 0 Å². The summed E-state index contributed by atoms with van der Waals surface area (Å²) < 4.78 is 5.26. The molecule has 1 atom stereocenters. The van der Waals surface area contributed by atoms with Crippen LogP contribution in [-0.4, -0.2) is 21.7 Å². The lowest BCUT2D eigenvalue weighted by atomic mass is 10.2. The number of hydrogen-bond acceptors (Lipinski definition) is 5. The molecule has 2 aromatic heterocycles. The molecule has 5 heteroatoms. The second kappa shape index (κ2) is 4.63. The van der Waals surface area contributed by atoms with E-state index in [2.05, 4.69) is 20.4 Å². The average Bonchev–Trinajstić information content (AvgIpc) is 3.00. The Hall–Kier alpha value is -1.75. The van der Waals surface area contributed by atoms with Gasteiger partial charge in [0.2, 0.25) is 5.89 Å². The molecule has 0 aliphatic carbocycles. The second-order valence-electron chi connectivity index (χ2n) is 4.23. The van der Waals surface area contributed by atoms with Crippen molar-refractivity contribution in [2.45, 2.75) is 25.3 Å². The van der Waals surface area contributed by atoms with Crippen LogP contribution < -0.4 is 5.32 Å². The fraction of sp³-hybridized carbons (Fsp3) is 0.417. The molecule has 88 valence electrons. The predicted molar refractivity (Wildman–Crippen MR) is 61.3 cm³/mol. The second-order valence-corrected chi connectivity index (χ2v) is 4.23. The van der Waals surface area contributed by atoms with Crippen LogP contribution in [0.15, 0.2) is 29.0 Å². The Morgan fingerprint density at radius 2 is 2.24 bits per heavy atom. The van der Waals surface area contributed by atoms with Crippen LogP contribution in [0.1, 0.15) is 36.2 Å². The van der Waals surface area contributed by atoms with Crippen molar-refractivity contribution < 1.29 is 4.52 Å². The molecule has 0 bridgehead atoms. The highest BCUT2D eigenvalue weighted by molar-refractivity contribution is 5.14. The molecule has 1 fully saturated rings. The number of pyridine rings is 1. The van der Waals surface area contributed by atoms with E-state index in [1.54, 1.807) is 12.4 Å². The normalized spacial score (nSPS) is 19.6. The monoisotopic (exact) mass is 230 g/mol. The zero-order chi connectivity index (χ0) is 11.5. The van der Waals surface area contributed by atoms with Gasteiger partial charge in [-0.25, -0.2) is 0 Å². The maximum Gasteiger partial charge on any atom is 0.231 e. The number of nitrogens with one attached hydrogen (secondary N) is 1. The molecule has 2 aromatic rings. The molecule has 0 radical (unpaired) electrons. The fourth-order valence-electron chi connectivity index (χ4n) is 2.06. The standard InChI is InChI=1S/C12H14N4O/c1-2-10(14-5-1)12-15-11(17-16-12)8-9-3-6-13-7-4-9/h3-4,6-7,10,14H,1-2,5,8H2. The van der Waals surface area contributed by atoms with E-state index < -0.39 is 0 Å². The minimum absolute atomic E-state index is 0.268. The van der Waals surface area contributed by atoms with Gasteiger partial charge < -0.3 is 9.84 Å². The molecule has 0 saturated carbocycles. The summed E-state index contributed by atoms with van der Waals surface area (Å²) in [5.41, 5.74) is 1.13. The SMILES string of the molecule is c1cc(Cc2nc(C3CCCN3)no2)ccn1. The van der Waals surface area contributed by atoms with Crippen molar-refractivity contribution in [2.24, 2.45) is 0 Å². The van der Waals surface area contributed by atoms with E-state index in [0.717, 1.165) is 24.4 Å². The van der Waals surface area contributed by atoms with Crippen molar-refractivity contribution in [3.05, 3.63) is 41.8 Å². The molecule has 3 heterocycles. The molecule has 1 N–H and O–H groups in total. The van der Waals surface area contributed by atoms with Gasteiger partial charge in [-0.1, -0.05) is 5.16 Å². The van der Waals surface area contributed by atoms with Gasteiger partial charge in [-0.15, -0.1) is 0 Å². The molecule has 0 spiro atoms. The fourth-order valence-corrected chi connectivity index (χ4v) is 2.06. The van der Waals surface area contributed by atoms with Crippen molar-refractivity contribution in [1.29, 1.82) is 0 Å². The molecule has 1 saturated heterocycles. The molecule has 17 heavy (non-hydrogen) atoms. The van der Waals surface area contributed by atoms with E-state index in [-0.39, 0.29) is 6.04 Å². The number of hydrogen-bond donors (Lipinski definition) is 1. The summed E-state index contributed by atoms with van der Waals surface area (Å²) in [5, 5.41) is 7.39. The largest absolute Gasteiger partial charge is 0.339 e. The first kappa shape index (κ1) is 10.4. The van der Waals surface area contributed by atoms with Gasteiger partial charge in [-0.3, -0.25) is 4.98 Å². The first-order valence-corrected chi connectivity index (χ1v) is 5.86.